The van der Waals surface area contributed by atoms with E-state index in [0.29, 0.717) is 57.2 Å². The van der Waals surface area contributed by atoms with E-state index in [0.717, 1.165) is 0 Å². The number of amides is 1. The molecule has 1 aliphatic rings. The topological polar surface area (TPSA) is 150 Å². The van der Waals surface area contributed by atoms with Crippen molar-refractivity contribution in [2.45, 2.75) is 38.8 Å². The van der Waals surface area contributed by atoms with Crippen LogP contribution in [0.25, 0.3) is 22.5 Å². The second-order valence-corrected chi connectivity index (χ2v) is 10.9. The summed E-state index contributed by atoms with van der Waals surface area (Å²) in [5.74, 6) is 5.37. The Balaban J connectivity index is 1.61. The van der Waals surface area contributed by atoms with E-state index in [2.05, 4.69) is 20.4 Å². The number of carbonyl (C=O) groups is 1. The van der Waals surface area contributed by atoms with Crippen LogP contribution in [0.3, 0.4) is 0 Å². The second-order valence-electron chi connectivity index (χ2n) is 10.0. The first-order valence-electron chi connectivity index (χ1n) is 13.2. The van der Waals surface area contributed by atoms with Crippen molar-refractivity contribution in [2.75, 3.05) is 10.3 Å². The SMILES string of the molecule is C[C@@H]1CCC[C@H](n2cnc(-c3cc(Cl)ccc3N(N)/C=C(\N)Cl)cc2=O)c2cc(ccn2)-c2c(cnn2C(F)F)NC1=O. The Hall–Kier alpha value is -4.33. The summed E-state index contributed by atoms with van der Waals surface area (Å²) in [7, 11) is 0. The minimum absolute atomic E-state index is 0.0331. The normalized spacial score (nSPS) is 17.6. The van der Waals surface area contributed by atoms with Gasteiger partial charge in [-0.25, -0.2) is 15.5 Å². The average Bonchev–Trinajstić information content (AvgIpc) is 3.38. The monoisotopic (exact) mass is 629 g/mol. The van der Waals surface area contributed by atoms with Crippen molar-refractivity contribution in [2.24, 2.45) is 17.5 Å². The number of nitrogens with one attached hydrogen (secondary N) is 1. The fourth-order valence-electron chi connectivity index (χ4n) is 5.03. The smallest absolute Gasteiger partial charge is 0.333 e. The Kier molecular flexibility index (Phi) is 8.76. The van der Waals surface area contributed by atoms with Gasteiger partial charge in [0.25, 0.3) is 5.56 Å². The molecule has 2 atom stereocenters. The van der Waals surface area contributed by atoms with Gasteiger partial charge in [-0.2, -0.15) is 13.9 Å². The highest BCUT2D eigenvalue weighted by Gasteiger charge is 2.26. The molecule has 5 N–H and O–H groups in total. The third-order valence-corrected chi connectivity index (χ3v) is 7.48. The fourth-order valence-corrected chi connectivity index (χ4v) is 5.31. The first-order chi connectivity index (χ1) is 20.5. The molecule has 0 unspecified atom stereocenters. The number of nitrogens with zero attached hydrogens (tertiary/aromatic N) is 6. The summed E-state index contributed by atoms with van der Waals surface area (Å²) in [5.41, 5.74) is 7.36. The van der Waals surface area contributed by atoms with Crippen LogP contribution < -0.4 is 27.5 Å². The molecule has 1 amide bonds. The molecule has 0 radical (unpaired) electrons. The summed E-state index contributed by atoms with van der Waals surface area (Å²) in [6.45, 7) is -1.20. The van der Waals surface area contributed by atoms with Gasteiger partial charge in [0.15, 0.2) is 0 Å². The van der Waals surface area contributed by atoms with E-state index in [4.69, 9.17) is 34.8 Å². The van der Waals surface area contributed by atoms with Crippen LogP contribution in [-0.4, -0.2) is 30.2 Å². The van der Waals surface area contributed by atoms with E-state index >= 15 is 0 Å². The van der Waals surface area contributed by atoms with Gasteiger partial charge in [0.2, 0.25) is 5.91 Å². The van der Waals surface area contributed by atoms with Crippen molar-refractivity contribution in [3.8, 4) is 22.5 Å². The highest BCUT2D eigenvalue weighted by Crippen LogP contribution is 2.35. The molecule has 1 aliphatic heterocycles. The molecule has 0 saturated heterocycles. The maximum absolute atomic E-state index is 13.9. The molecule has 224 valence electrons. The van der Waals surface area contributed by atoms with Crippen LogP contribution in [0.2, 0.25) is 5.02 Å². The van der Waals surface area contributed by atoms with Gasteiger partial charge in [0.05, 0.1) is 53.2 Å². The molecule has 0 saturated carbocycles. The number of carbonyl (C=O) groups excluding carboxylic acids is 1. The summed E-state index contributed by atoms with van der Waals surface area (Å²) in [4.78, 5) is 35.5. The highest BCUT2D eigenvalue weighted by molar-refractivity contribution is 6.31. The van der Waals surface area contributed by atoms with Crippen molar-refractivity contribution in [3.05, 3.63) is 87.5 Å². The van der Waals surface area contributed by atoms with E-state index in [9.17, 15) is 18.4 Å². The van der Waals surface area contributed by atoms with E-state index < -0.39 is 24.1 Å². The zero-order chi connectivity index (χ0) is 30.8. The maximum atomic E-state index is 13.9. The average molecular weight is 630 g/mol. The van der Waals surface area contributed by atoms with Crippen molar-refractivity contribution in [1.82, 2.24) is 24.3 Å². The lowest BCUT2D eigenvalue weighted by molar-refractivity contribution is -0.119. The Bertz CT molecular complexity index is 1750. The van der Waals surface area contributed by atoms with Gasteiger partial charge in [-0.3, -0.25) is 24.1 Å². The van der Waals surface area contributed by atoms with Gasteiger partial charge < -0.3 is 11.1 Å². The number of nitrogens with two attached hydrogens (primary N) is 2. The zero-order valence-electron chi connectivity index (χ0n) is 22.8. The first kappa shape index (κ1) is 30.1. The Labute approximate surface area is 254 Å². The Morgan fingerprint density at radius 2 is 1.98 bits per heavy atom. The minimum Gasteiger partial charge on any atom is -0.388 e. The first-order valence-corrected chi connectivity index (χ1v) is 14.0. The van der Waals surface area contributed by atoms with Crippen LogP contribution in [0.1, 0.15) is 44.5 Å². The lowest BCUT2D eigenvalue weighted by Crippen LogP contribution is -2.28. The van der Waals surface area contributed by atoms with E-state index in [1.807, 2.05) is 0 Å². The van der Waals surface area contributed by atoms with Gasteiger partial charge >= 0.3 is 6.55 Å². The van der Waals surface area contributed by atoms with Gasteiger partial charge in [-0.15, -0.1) is 0 Å². The number of hydrazine groups is 1. The van der Waals surface area contributed by atoms with Crippen LogP contribution in [0, 0.1) is 5.92 Å². The van der Waals surface area contributed by atoms with Crippen LogP contribution in [0.4, 0.5) is 20.2 Å². The fraction of sp³-hybridized carbons (Fsp3) is 0.250. The quantitative estimate of drug-likeness (QED) is 0.154. The molecule has 11 nitrogen and oxygen atoms in total. The standard InChI is InChI=1S/C28H27Cl2F2N9O2/c1-15-3-2-4-23(20-9-16(7-8-35-20)26-21(38-27(15)43)12-37-41(26)28(31)32)39-14-36-19(11-25(39)42)18-10-17(29)5-6-22(18)40(34)13-24(30)33/h5-15,23,28H,2-4,33-34H2,1H3,(H,38,43)/b24-13-/t15-,23+/m1/s1. The second kappa shape index (κ2) is 12.5. The molecule has 4 heterocycles. The molecule has 0 spiro atoms. The molecule has 5 rings (SSSR count). The molecule has 15 heteroatoms. The maximum Gasteiger partial charge on any atom is 0.333 e. The molecule has 1 aromatic carbocycles. The minimum atomic E-state index is -2.95. The predicted molar refractivity (Wildman–Crippen MR) is 160 cm³/mol. The highest BCUT2D eigenvalue weighted by atomic mass is 35.5. The third kappa shape index (κ3) is 6.38. The molecular weight excluding hydrogens is 603 g/mol. The number of anilines is 2. The Morgan fingerprint density at radius 1 is 1.19 bits per heavy atom. The largest absolute Gasteiger partial charge is 0.388 e. The van der Waals surface area contributed by atoms with Gasteiger partial charge in [0.1, 0.15) is 5.16 Å². The molecule has 0 fully saturated rings. The molecule has 0 aliphatic carbocycles. The van der Waals surface area contributed by atoms with E-state index in [-0.39, 0.29) is 22.4 Å². The summed E-state index contributed by atoms with van der Waals surface area (Å²) in [6.07, 6.45) is 6.83. The lowest BCUT2D eigenvalue weighted by Gasteiger charge is -2.23. The molecule has 3 aromatic heterocycles. The summed E-state index contributed by atoms with van der Waals surface area (Å²) >= 11 is 12.0. The number of hydrogen-bond acceptors (Lipinski definition) is 8. The number of benzene rings is 1. The molecule has 43 heavy (non-hydrogen) atoms. The number of pyridine rings is 1. The number of hydrogen-bond donors (Lipinski definition) is 3. The molecule has 2 bridgehead atoms. The van der Waals surface area contributed by atoms with Gasteiger partial charge in [0, 0.05) is 34.3 Å². The van der Waals surface area contributed by atoms with Crippen molar-refractivity contribution in [1.29, 1.82) is 0 Å². The number of fused-ring (bicyclic) bond motifs is 4. The van der Waals surface area contributed by atoms with E-state index in [1.54, 1.807) is 37.3 Å². The van der Waals surface area contributed by atoms with Crippen molar-refractivity contribution >= 4 is 40.5 Å². The van der Waals surface area contributed by atoms with E-state index in [1.165, 1.54) is 40.6 Å². The number of rotatable bonds is 5. The summed E-state index contributed by atoms with van der Waals surface area (Å²) in [6, 6.07) is 8.77. The van der Waals surface area contributed by atoms with Crippen LogP contribution in [0.15, 0.2) is 71.3 Å². The van der Waals surface area contributed by atoms with Crippen LogP contribution in [-0.2, 0) is 4.79 Å². The summed E-state index contributed by atoms with van der Waals surface area (Å²) in [5, 5.41) is 8.06. The van der Waals surface area contributed by atoms with Crippen molar-refractivity contribution in [3.63, 3.8) is 0 Å². The van der Waals surface area contributed by atoms with Gasteiger partial charge in [-0.05, 0) is 43.2 Å². The van der Waals surface area contributed by atoms with Gasteiger partial charge in [-0.1, -0.05) is 36.5 Å². The molecule has 4 aromatic rings. The van der Waals surface area contributed by atoms with Crippen LogP contribution in [0.5, 0.6) is 0 Å². The predicted octanol–water partition coefficient (Wildman–Crippen LogP) is 5.24. The van der Waals surface area contributed by atoms with Crippen molar-refractivity contribution < 1.29 is 13.6 Å². The number of alkyl halides is 2. The lowest BCUT2D eigenvalue weighted by atomic mass is 9.97. The zero-order valence-corrected chi connectivity index (χ0v) is 24.3. The number of halogens is 4. The summed E-state index contributed by atoms with van der Waals surface area (Å²) < 4.78 is 29.8. The Morgan fingerprint density at radius 3 is 2.70 bits per heavy atom. The third-order valence-electron chi connectivity index (χ3n) is 7.14. The van der Waals surface area contributed by atoms with Crippen LogP contribution >= 0.6 is 23.2 Å². The molecular formula is C28H27Cl2F2N9O2. The number of aromatic nitrogens is 5.